The van der Waals surface area contributed by atoms with Gasteiger partial charge in [0.2, 0.25) is 0 Å². The summed E-state index contributed by atoms with van der Waals surface area (Å²) in [6.45, 7) is 11.4. The van der Waals surface area contributed by atoms with E-state index in [1.807, 2.05) is 45.9 Å². The van der Waals surface area contributed by atoms with Crippen LogP contribution < -0.4 is 5.32 Å². The SMILES string of the molecule is COC(=O)C(COC(C)(C)C)NC(=O)N1CCCN(Cc2cccc(C)n2)CC1. The smallest absolute Gasteiger partial charge is 0.330 e. The van der Waals surface area contributed by atoms with Crippen molar-refractivity contribution in [2.24, 2.45) is 0 Å². The summed E-state index contributed by atoms with van der Waals surface area (Å²) in [6.07, 6.45) is 0.862. The van der Waals surface area contributed by atoms with Gasteiger partial charge in [-0.3, -0.25) is 9.88 Å². The van der Waals surface area contributed by atoms with Crippen LogP contribution in [0.5, 0.6) is 0 Å². The maximum absolute atomic E-state index is 12.7. The highest BCUT2D eigenvalue weighted by Crippen LogP contribution is 2.10. The van der Waals surface area contributed by atoms with Crippen LogP contribution >= 0.6 is 0 Å². The summed E-state index contributed by atoms with van der Waals surface area (Å²) in [4.78, 5) is 33.4. The topological polar surface area (TPSA) is 84.0 Å². The Hall–Kier alpha value is -2.19. The van der Waals surface area contributed by atoms with E-state index in [1.54, 1.807) is 4.90 Å². The number of hydrogen-bond acceptors (Lipinski definition) is 6. The van der Waals surface area contributed by atoms with Gasteiger partial charge in [0, 0.05) is 38.4 Å². The molecule has 1 aromatic heterocycles. The van der Waals surface area contributed by atoms with Crippen LogP contribution in [0.4, 0.5) is 4.79 Å². The first-order valence-corrected chi connectivity index (χ1v) is 10.1. The van der Waals surface area contributed by atoms with E-state index in [0.717, 1.165) is 37.4 Å². The molecule has 2 heterocycles. The van der Waals surface area contributed by atoms with E-state index in [9.17, 15) is 9.59 Å². The van der Waals surface area contributed by atoms with E-state index in [2.05, 4.69) is 15.2 Å². The Morgan fingerprint density at radius 3 is 2.62 bits per heavy atom. The second kappa shape index (κ2) is 10.5. The Labute approximate surface area is 173 Å². The molecule has 1 saturated heterocycles. The molecule has 1 aromatic rings. The number of aryl methyl sites for hydroxylation is 1. The average molecular weight is 407 g/mol. The molecule has 1 N–H and O–H groups in total. The van der Waals surface area contributed by atoms with Gasteiger partial charge in [0.15, 0.2) is 6.04 Å². The monoisotopic (exact) mass is 406 g/mol. The number of rotatable bonds is 6. The number of nitrogens with zero attached hydrogens (tertiary/aromatic N) is 3. The molecule has 162 valence electrons. The van der Waals surface area contributed by atoms with E-state index in [4.69, 9.17) is 9.47 Å². The zero-order valence-electron chi connectivity index (χ0n) is 18.2. The largest absolute Gasteiger partial charge is 0.467 e. The molecule has 0 aliphatic carbocycles. The molecule has 0 bridgehead atoms. The lowest BCUT2D eigenvalue weighted by Crippen LogP contribution is -2.51. The van der Waals surface area contributed by atoms with Crippen LogP contribution in [0.1, 0.15) is 38.6 Å². The van der Waals surface area contributed by atoms with E-state index in [0.29, 0.717) is 13.1 Å². The van der Waals surface area contributed by atoms with Crippen molar-refractivity contribution in [1.82, 2.24) is 20.1 Å². The molecule has 1 aliphatic heterocycles. The molecule has 1 fully saturated rings. The van der Waals surface area contributed by atoms with Crippen LogP contribution in [0.25, 0.3) is 0 Å². The maximum atomic E-state index is 12.7. The van der Waals surface area contributed by atoms with Crippen molar-refractivity contribution in [2.75, 3.05) is 39.9 Å². The molecule has 0 saturated carbocycles. The Morgan fingerprint density at radius 1 is 1.21 bits per heavy atom. The third-order valence-electron chi connectivity index (χ3n) is 4.67. The number of ether oxygens (including phenoxy) is 2. The van der Waals surface area contributed by atoms with E-state index >= 15 is 0 Å². The van der Waals surface area contributed by atoms with Gasteiger partial charge in [-0.25, -0.2) is 9.59 Å². The van der Waals surface area contributed by atoms with Crippen molar-refractivity contribution in [1.29, 1.82) is 0 Å². The standard InChI is InChI=1S/C21H34N4O4/c1-16-8-6-9-17(22-16)14-24-10-7-11-25(13-12-24)20(27)23-18(19(26)28-5)15-29-21(2,3)4/h6,8-9,18H,7,10-15H2,1-5H3,(H,23,27). The van der Waals surface area contributed by atoms with Gasteiger partial charge in [-0.15, -0.1) is 0 Å². The molecule has 2 amide bonds. The summed E-state index contributed by atoms with van der Waals surface area (Å²) >= 11 is 0. The number of esters is 1. The number of pyridine rings is 1. The lowest BCUT2D eigenvalue weighted by Gasteiger charge is -2.27. The second-order valence-electron chi connectivity index (χ2n) is 8.34. The molecule has 0 spiro atoms. The average Bonchev–Trinajstić information content (AvgIpc) is 2.89. The molecular weight excluding hydrogens is 372 g/mol. The fourth-order valence-electron chi connectivity index (χ4n) is 3.13. The number of carbonyl (C=O) groups excluding carboxylic acids is 2. The van der Waals surface area contributed by atoms with Gasteiger partial charge in [-0.1, -0.05) is 6.07 Å². The van der Waals surface area contributed by atoms with Gasteiger partial charge >= 0.3 is 12.0 Å². The minimum Gasteiger partial charge on any atom is -0.467 e. The van der Waals surface area contributed by atoms with Crippen molar-refractivity contribution < 1.29 is 19.1 Å². The third kappa shape index (κ3) is 7.98. The molecule has 1 unspecified atom stereocenters. The minimum absolute atomic E-state index is 0.0703. The molecule has 8 heteroatoms. The third-order valence-corrected chi connectivity index (χ3v) is 4.67. The zero-order chi connectivity index (χ0) is 21.4. The van der Waals surface area contributed by atoms with Crippen molar-refractivity contribution >= 4 is 12.0 Å². The van der Waals surface area contributed by atoms with Crippen molar-refractivity contribution in [3.8, 4) is 0 Å². The van der Waals surface area contributed by atoms with Gasteiger partial charge in [-0.2, -0.15) is 0 Å². The highest BCUT2D eigenvalue weighted by Gasteiger charge is 2.27. The molecule has 2 rings (SSSR count). The molecule has 0 aromatic carbocycles. The number of methoxy groups -OCH3 is 1. The molecule has 1 atom stereocenters. The highest BCUT2D eigenvalue weighted by molar-refractivity contribution is 5.83. The summed E-state index contributed by atoms with van der Waals surface area (Å²) in [6, 6.07) is 4.93. The number of urea groups is 1. The quantitative estimate of drug-likeness (QED) is 0.727. The van der Waals surface area contributed by atoms with Gasteiger partial charge in [0.05, 0.1) is 25.0 Å². The highest BCUT2D eigenvalue weighted by atomic mass is 16.5. The predicted molar refractivity (Wildman–Crippen MR) is 110 cm³/mol. The Balaban J connectivity index is 1.90. The molecule has 0 radical (unpaired) electrons. The van der Waals surface area contributed by atoms with Gasteiger partial charge < -0.3 is 19.7 Å². The summed E-state index contributed by atoms with van der Waals surface area (Å²) in [5, 5.41) is 2.77. The van der Waals surface area contributed by atoms with Crippen LogP contribution in [0.3, 0.4) is 0 Å². The Bertz CT molecular complexity index is 690. The number of aromatic nitrogens is 1. The first-order chi connectivity index (χ1) is 13.7. The van der Waals surface area contributed by atoms with Gasteiger partial charge in [0.25, 0.3) is 0 Å². The number of nitrogens with one attached hydrogen (secondary N) is 1. The van der Waals surface area contributed by atoms with Crippen LogP contribution in [0.15, 0.2) is 18.2 Å². The fourth-order valence-corrected chi connectivity index (χ4v) is 3.13. The number of hydrogen-bond donors (Lipinski definition) is 1. The Morgan fingerprint density at radius 2 is 1.97 bits per heavy atom. The van der Waals surface area contributed by atoms with E-state index in [-0.39, 0.29) is 12.6 Å². The molecule has 1 aliphatic rings. The van der Waals surface area contributed by atoms with Crippen LogP contribution in [-0.2, 0) is 20.8 Å². The van der Waals surface area contributed by atoms with Crippen LogP contribution in [-0.4, -0.2) is 78.3 Å². The number of carbonyl (C=O) groups is 2. The van der Waals surface area contributed by atoms with Crippen LogP contribution in [0, 0.1) is 6.92 Å². The zero-order valence-corrected chi connectivity index (χ0v) is 18.2. The molecule has 29 heavy (non-hydrogen) atoms. The number of amides is 2. The van der Waals surface area contributed by atoms with Crippen molar-refractivity contribution in [3.63, 3.8) is 0 Å². The van der Waals surface area contributed by atoms with Gasteiger partial charge in [-0.05, 0) is 46.2 Å². The van der Waals surface area contributed by atoms with Gasteiger partial charge in [0.1, 0.15) is 0 Å². The fraction of sp³-hybridized carbons (Fsp3) is 0.667. The lowest BCUT2D eigenvalue weighted by atomic mass is 10.2. The van der Waals surface area contributed by atoms with Crippen LogP contribution in [0.2, 0.25) is 0 Å². The van der Waals surface area contributed by atoms with E-state index in [1.165, 1.54) is 7.11 Å². The van der Waals surface area contributed by atoms with Crippen molar-refractivity contribution in [2.45, 2.75) is 52.3 Å². The summed E-state index contributed by atoms with van der Waals surface area (Å²) < 4.78 is 10.5. The first-order valence-electron chi connectivity index (χ1n) is 10.1. The summed E-state index contributed by atoms with van der Waals surface area (Å²) in [5.74, 6) is -0.510. The lowest BCUT2D eigenvalue weighted by molar-refractivity contribution is -0.146. The maximum Gasteiger partial charge on any atom is 0.330 e. The summed E-state index contributed by atoms with van der Waals surface area (Å²) in [5.41, 5.74) is 1.63. The van der Waals surface area contributed by atoms with E-state index < -0.39 is 17.6 Å². The minimum atomic E-state index is -0.831. The van der Waals surface area contributed by atoms with Crippen molar-refractivity contribution in [3.05, 3.63) is 29.6 Å². The second-order valence-corrected chi connectivity index (χ2v) is 8.34. The summed E-state index contributed by atoms with van der Waals surface area (Å²) in [7, 11) is 1.31. The Kier molecular flexibility index (Phi) is 8.40. The predicted octanol–water partition coefficient (Wildman–Crippen LogP) is 1.96. The molecular formula is C21H34N4O4. The first kappa shape index (κ1) is 23.1. The normalized spacial score (nSPS) is 16.8. The molecule has 8 nitrogen and oxygen atoms in total.